The van der Waals surface area contributed by atoms with Gasteiger partial charge in [-0.1, -0.05) is 6.07 Å². The van der Waals surface area contributed by atoms with Crippen molar-refractivity contribution in [2.45, 2.75) is 18.4 Å². The third-order valence-electron chi connectivity index (χ3n) is 2.86. The van der Waals surface area contributed by atoms with Gasteiger partial charge in [-0.25, -0.2) is 8.42 Å². The molecule has 6 nitrogen and oxygen atoms in total. The smallest absolute Gasteiger partial charge is 0.310 e. The molecule has 1 aliphatic rings. The molecule has 1 heterocycles. The number of hydrogen-bond acceptors (Lipinski definition) is 5. The number of sulfone groups is 1. The number of hydrogen-bond donors (Lipinski definition) is 0. The minimum atomic E-state index is -3.09. The normalized spacial score (nSPS) is 21.2. The van der Waals surface area contributed by atoms with Crippen molar-refractivity contribution in [1.29, 1.82) is 0 Å². The maximum absolute atomic E-state index is 11.3. The Hall–Kier alpha value is -1.34. The van der Waals surface area contributed by atoms with Gasteiger partial charge in [-0.3, -0.25) is 10.1 Å². The van der Waals surface area contributed by atoms with Gasteiger partial charge < -0.3 is 4.74 Å². The van der Waals surface area contributed by atoms with Crippen molar-refractivity contribution in [3.63, 3.8) is 0 Å². The third kappa shape index (κ3) is 3.36. The van der Waals surface area contributed by atoms with Crippen molar-refractivity contribution >= 4 is 27.1 Å². The van der Waals surface area contributed by atoms with Crippen LogP contribution in [-0.2, 0) is 15.7 Å². The Labute approximate surface area is 115 Å². The molecule has 1 aromatic rings. The number of halogens is 1. The molecule has 0 N–H and O–H groups in total. The summed E-state index contributed by atoms with van der Waals surface area (Å²) in [7, 11) is -3.09. The monoisotopic (exact) mass is 305 g/mol. The van der Waals surface area contributed by atoms with E-state index in [1.807, 2.05) is 0 Å². The number of nitrogens with zero attached hydrogens (tertiary/aromatic N) is 1. The minimum absolute atomic E-state index is 0.0562. The van der Waals surface area contributed by atoms with Crippen molar-refractivity contribution in [2.24, 2.45) is 0 Å². The summed E-state index contributed by atoms with van der Waals surface area (Å²) in [4.78, 5) is 10.3. The van der Waals surface area contributed by atoms with E-state index in [2.05, 4.69) is 0 Å². The Balaban J connectivity index is 2.25. The molecule has 1 atom stereocenters. The van der Waals surface area contributed by atoms with E-state index in [0.29, 0.717) is 12.0 Å². The summed E-state index contributed by atoms with van der Waals surface area (Å²) < 4.78 is 28.1. The lowest BCUT2D eigenvalue weighted by Gasteiger charge is -2.12. The molecule has 1 unspecified atom stereocenters. The van der Waals surface area contributed by atoms with Crippen LogP contribution in [0.5, 0.6) is 5.75 Å². The Morgan fingerprint density at radius 1 is 1.47 bits per heavy atom. The molecular formula is C11H12ClNO5S. The van der Waals surface area contributed by atoms with Crippen LogP contribution in [0.25, 0.3) is 0 Å². The highest BCUT2D eigenvalue weighted by atomic mass is 35.5. The predicted molar refractivity (Wildman–Crippen MR) is 70.3 cm³/mol. The van der Waals surface area contributed by atoms with Crippen molar-refractivity contribution in [3.8, 4) is 5.75 Å². The van der Waals surface area contributed by atoms with Gasteiger partial charge in [0.15, 0.2) is 15.6 Å². The molecule has 0 aromatic heterocycles. The largest absolute Gasteiger partial charge is 0.482 e. The van der Waals surface area contributed by atoms with E-state index < -0.39 is 20.9 Å². The molecular weight excluding hydrogens is 294 g/mol. The van der Waals surface area contributed by atoms with E-state index in [1.165, 1.54) is 12.1 Å². The molecule has 0 bridgehead atoms. The lowest BCUT2D eigenvalue weighted by molar-refractivity contribution is -0.386. The first-order valence-electron chi connectivity index (χ1n) is 5.61. The van der Waals surface area contributed by atoms with E-state index in [4.69, 9.17) is 16.3 Å². The van der Waals surface area contributed by atoms with E-state index in [0.717, 1.165) is 0 Å². The summed E-state index contributed by atoms with van der Waals surface area (Å²) >= 11 is 5.67. The molecule has 1 saturated heterocycles. The van der Waals surface area contributed by atoms with Gasteiger partial charge in [-0.2, -0.15) is 0 Å². The summed E-state index contributed by atoms with van der Waals surface area (Å²) in [5.41, 5.74) is 0.501. The lowest BCUT2D eigenvalue weighted by atomic mass is 10.2. The summed E-state index contributed by atoms with van der Waals surface area (Å²) in [5, 5.41) is 10.9. The van der Waals surface area contributed by atoms with Crippen molar-refractivity contribution < 1.29 is 18.1 Å². The quantitative estimate of drug-likeness (QED) is 0.482. The number of rotatable bonds is 4. The number of ether oxygens (including phenoxy) is 1. The Morgan fingerprint density at radius 3 is 2.74 bits per heavy atom. The van der Waals surface area contributed by atoms with Gasteiger partial charge >= 0.3 is 5.69 Å². The standard InChI is InChI=1S/C11H12ClNO5S/c12-6-8-1-2-10(13(14)15)11(5-8)18-9-3-4-19(16,17)7-9/h1-2,5,9H,3-4,6-7H2. The first kappa shape index (κ1) is 14.1. The molecule has 0 aliphatic carbocycles. The van der Waals surface area contributed by atoms with Crippen LogP contribution >= 0.6 is 11.6 Å². The van der Waals surface area contributed by atoms with Crippen LogP contribution in [0.3, 0.4) is 0 Å². The van der Waals surface area contributed by atoms with Gasteiger partial charge in [0.05, 0.1) is 16.4 Å². The van der Waals surface area contributed by atoms with Crippen molar-refractivity contribution in [3.05, 3.63) is 33.9 Å². The molecule has 19 heavy (non-hydrogen) atoms. The van der Waals surface area contributed by atoms with Crippen LogP contribution in [0.4, 0.5) is 5.69 Å². The second-order valence-electron chi connectivity index (χ2n) is 4.34. The number of nitro benzene ring substituents is 1. The summed E-state index contributed by atoms with van der Waals surface area (Å²) in [6, 6.07) is 4.34. The average molecular weight is 306 g/mol. The molecule has 0 amide bonds. The summed E-state index contributed by atoms with van der Waals surface area (Å²) in [5.74, 6) is 0.234. The Bertz CT molecular complexity index is 601. The predicted octanol–water partition coefficient (Wildman–Crippen LogP) is 1.90. The van der Waals surface area contributed by atoms with E-state index in [1.54, 1.807) is 6.07 Å². The van der Waals surface area contributed by atoms with Crippen LogP contribution in [0, 0.1) is 10.1 Å². The molecule has 104 valence electrons. The summed E-state index contributed by atoms with van der Waals surface area (Å²) in [6.07, 6.45) is -0.181. The zero-order chi connectivity index (χ0) is 14.0. The highest BCUT2D eigenvalue weighted by Crippen LogP contribution is 2.31. The average Bonchev–Trinajstić information content (AvgIpc) is 2.68. The van der Waals surface area contributed by atoms with Gasteiger partial charge in [-0.05, 0) is 18.1 Å². The van der Waals surface area contributed by atoms with E-state index in [-0.39, 0.29) is 28.8 Å². The van der Waals surface area contributed by atoms with Crippen LogP contribution in [-0.4, -0.2) is 31.0 Å². The minimum Gasteiger partial charge on any atom is -0.482 e. The maximum atomic E-state index is 11.3. The zero-order valence-corrected chi connectivity index (χ0v) is 11.5. The van der Waals surface area contributed by atoms with Gasteiger partial charge in [0.2, 0.25) is 0 Å². The van der Waals surface area contributed by atoms with Crippen LogP contribution < -0.4 is 4.74 Å². The highest BCUT2D eigenvalue weighted by molar-refractivity contribution is 7.91. The van der Waals surface area contributed by atoms with E-state index >= 15 is 0 Å². The van der Waals surface area contributed by atoms with Gasteiger partial charge in [0.1, 0.15) is 6.10 Å². The zero-order valence-electron chi connectivity index (χ0n) is 9.91. The third-order valence-corrected chi connectivity index (χ3v) is 4.91. The fraction of sp³-hybridized carbons (Fsp3) is 0.455. The lowest BCUT2D eigenvalue weighted by Crippen LogP contribution is -2.18. The molecule has 1 fully saturated rings. The van der Waals surface area contributed by atoms with Crippen LogP contribution in [0.1, 0.15) is 12.0 Å². The second-order valence-corrected chi connectivity index (χ2v) is 6.83. The van der Waals surface area contributed by atoms with E-state index in [9.17, 15) is 18.5 Å². The van der Waals surface area contributed by atoms with Crippen LogP contribution in [0.15, 0.2) is 18.2 Å². The fourth-order valence-electron chi connectivity index (χ4n) is 1.92. The fourth-order valence-corrected chi connectivity index (χ4v) is 3.68. The SMILES string of the molecule is O=[N+]([O-])c1ccc(CCl)cc1OC1CCS(=O)(=O)C1. The maximum Gasteiger partial charge on any atom is 0.310 e. The molecule has 8 heteroatoms. The molecule has 2 rings (SSSR count). The van der Waals surface area contributed by atoms with Crippen molar-refractivity contribution in [2.75, 3.05) is 11.5 Å². The highest BCUT2D eigenvalue weighted by Gasteiger charge is 2.31. The van der Waals surface area contributed by atoms with Gasteiger partial charge in [0, 0.05) is 11.9 Å². The Kier molecular flexibility index (Phi) is 3.96. The molecule has 0 radical (unpaired) electrons. The number of benzene rings is 1. The molecule has 0 spiro atoms. The van der Waals surface area contributed by atoms with Gasteiger partial charge in [-0.15, -0.1) is 11.6 Å². The first-order valence-corrected chi connectivity index (χ1v) is 7.97. The van der Waals surface area contributed by atoms with Crippen LogP contribution in [0.2, 0.25) is 0 Å². The number of alkyl halides is 1. The molecule has 0 saturated carbocycles. The first-order chi connectivity index (χ1) is 8.91. The van der Waals surface area contributed by atoms with Crippen molar-refractivity contribution in [1.82, 2.24) is 0 Å². The van der Waals surface area contributed by atoms with Gasteiger partial charge in [0.25, 0.3) is 0 Å². The molecule has 1 aromatic carbocycles. The topological polar surface area (TPSA) is 86.5 Å². The Morgan fingerprint density at radius 2 is 2.21 bits per heavy atom. The second kappa shape index (κ2) is 5.34. The number of nitro groups is 1. The summed E-state index contributed by atoms with van der Waals surface area (Å²) in [6.45, 7) is 0. The molecule has 1 aliphatic heterocycles.